The van der Waals surface area contributed by atoms with Gasteiger partial charge in [0, 0.05) is 51.0 Å². The molecule has 1 aromatic carbocycles. The zero-order valence-electron chi connectivity index (χ0n) is 21.7. The number of urea groups is 2. The van der Waals surface area contributed by atoms with Crippen LogP contribution in [0.5, 0.6) is 0 Å². The Hall–Kier alpha value is -3.28. The number of ether oxygens (including phenoxy) is 1. The first-order valence-corrected chi connectivity index (χ1v) is 12.2. The highest BCUT2D eigenvalue weighted by Crippen LogP contribution is 2.34. The van der Waals surface area contributed by atoms with E-state index >= 15 is 0 Å². The molecule has 204 valence electrons. The van der Waals surface area contributed by atoms with Crippen molar-refractivity contribution in [1.82, 2.24) is 25.3 Å². The molecular weight excluding hydrogens is 491 g/mol. The third-order valence-electron chi connectivity index (χ3n) is 6.40. The summed E-state index contributed by atoms with van der Waals surface area (Å²) in [5, 5.41) is 5.61. The molecule has 37 heavy (non-hydrogen) atoms. The topological polar surface area (TPSA) is 94.2 Å². The summed E-state index contributed by atoms with van der Waals surface area (Å²) in [5.41, 5.74) is 0.0695. The maximum absolute atomic E-state index is 13.1. The lowest BCUT2D eigenvalue weighted by Gasteiger charge is -2.42. The number of halogens is 3. The van der Waals surface area contributed by atoms with Crippen LogP contribution in [0, 0.1) is 0 Å². The molecule has 2 unspecified atom stereocenters. The van der Waals surface area contributed by atoms with Gasteiger partial charge in [-0.05, 0) is 45.4 Å². The van der Waals surface area contributed by atoms with Crippen LogP contribution < -0.4 is 10.6 Å². The third-order valence-corrected chi connectivity index (χ3v) is 6.40. The Morgan fingerprint density at radius 2 is 1.84 bits per heavy atom. The lowest BCUT2D eigenvalue weighted by molar-refractivity contribution is -0.139. The Balaban J connectivity index is 1.92. The largest absolute Gasteiger partial charge is 0.463 e. The number of piperazine rings is 1. The van der Waals surface area contributed by atoms with Gasteiger partial charge in [-0.3, -0.25) is 9.80 Å². The van der Waals surface area contributed by atoms with Crippen molar-refractivity contribution in [3.63, 3.8) is 0 Å². The second-order valence-corrected chi connectivity index (χ2v) is 9.52. The second-order valence-electron chi connectivity index (χ2n) is 9.52. The summed E-state index contributed by atoms with van der Waals surface area (Å²) < 4.78 is 44.5. The van der Waals surface area contributed by atoms with Gasteiger partial charge in [0.15, 0.2) is 0 Å². The van der Waals surface area contributed by atoms with Gasteiger partial charge < -0.3 is 20.3 Å². The Morgan fingerprint density at radius 3 is 2.38 bits per heavy atom. The lowest BCUT2D eigenvalue weighted by atomic mass is 9.93. The van der Waals surface area contributed by atoms with Gasteiger partial charge in [-0.1, -0.05) is 12.1 Å². The molecule has 2 N–H and O–H groups in total. The normalized spacial score (nSPS) is 21.3. The molecule has 1 aromatic rings. The minimum atomic E-state index is -4.51. The monoisotopic (exact) mass is 525 g/mol. The highest BCUT2D eigenvalue weighted by molar-refractivity contribution is 5.95. The quantitative estimate of drug-likeness (QED) is 0.556. The molecular formula is C25H34F3N5O4. The van der Waals surface area contributed by atoms with Gasteiger partial charge in [-0.2, -0.15) is 13.2 Å². The molecule has 0 spiro atoms. The van der Waals surface area contributed by atoms with Gasteiger partial charge in [-0.25, -0.2) is 14.4 Å². The standard InChI is InChI=1S/C25H34F3N5O4/c1-6-37-22(34)20-19(14-32-11-12-33(16(4)13-32)24(36)29-15(2)3)31(5)23(35)30-21(20)17-7-9-18(10-8-17)25(26,27)28/h7-10,15-16,21H,6,11-14H2,1-5H3,(H,29,36)(H,30,35). The van der Waals surface area contributed by atoms with Gasteiger partial charge in [0.2, 0.25) is 0 Å². The van der Waals surface area contributed by atoms with Crippen molar-refractivity contribution < 1.29 is 32.3 Å². The summed E-state index contributed by atoms with van der Waals surface area (Å²) in [4.78, 5) is 43.6. The summed E-state index contributed by atoms with van der Waals surface area (Å²) in [6.07, 6.45) is -4.51. The van der Waals surface area contributed by atoms with Gasteiger partial charge in [0.25, 0.3) is 0 Å². The average molecular weight is 526 g/mol. The number of rotatable bonds is 6. The van der Waals surface area contributed by atoms with Crippen molar-refractivity contribution in [3.8, 4) is 0 Å². The summed E-state index contributed by atoms with van der Waals surface area (Å²) in [5.74, 6) is -0.655. The number of benzene rings is 1. The molecule has 9 nitrogen and oxygen atoms in total. The molecule has 1 saturated heterocycles. The predicted molar refractivity (Wildman–Crippen MR) is 130 cm³/mol. The number of hydrogen-bond donors (Lipinski definition) is 2. The molecule has 2 aliphatic heterocycles. The first kappa shape index (κ1) is 28.3. The molecule has 12 heteroatoms. The molecule has 0 bridgehead atoms. The molecule has 2 atom stereocenters. The second kappa shape index (κ2) is 11.4. The van der Waals surface area contributed by atoms with E-state index in [4.69, 9.17) is 4.74 Å². The maximum Gasteiger partial charge on any atom is 0.416 e. The van der Waals surface area contributed by atoms with Crippen LogP contribution in [0.3, 0.4) is 0 Å². The highest BCUT2D eigenvalue weighted by Gasteiger charge is 2.39. The number of nitrogens with zero attached hydrogens (tertiary/aromatic N) is 3. The van der Waals surface area contributed by atoms with Gasteiger partial charge in [0.1, 0.15) is 0 Å². The fraction of sp³-hybridized carbons (Fsp3) is 0.560. The van der Waals surface area contributed by atoms with E-state index in [2.05, 4.69) is 10.6 Å². The fourth-order valence-electron chi connectivity index (χ4n) is 4.53. The smallest absolute Gasteiger partial charge is 0.416 e. The zero-order chi connectivity index (χ0) is 27.5. The van der Waals surface area contributed by atoms with Crippen molar-refractivity contribution in [3.05, 3.63) is 46.7 Å². The van der Waals surface area contributed by atoms with Crippen LogP contribution in [-0.4, -0.2) is 84.6 Å². The van der Waals surface area contributed by atoms with Crippen molar-refractivity contribution in [2.45, 2.75) is 52.0 Å². The number of likely N-dealkylation sites (N-methyl/N-ethyl adjacent to an activating group) is 1. The summed E-state index contributed by atoms with van der Waals surface area (Å²) in [6.45, 7) is 9.14. The van der Waals surface area contributed by atoms with E-state index in [0.29, 0.717) is 30.9 Å². The van der Waals surface area contributed by atoms with E-state index in [0.717, 1.165) is 12.1 Å². The van der Waals surface area contributed by atoms with E-state index in [1.807, 2.05) is 25.7 Å². The summed E-state index contributed by atoms with van der Waals surface area (Å²) in [7, 11) is 1.53. The van der Waals surface area contributed by atoms with Crippen LogP contribution in [-0.2, 0) is 15.7 Å². The van der Waals surface area contributed by atoms with Crippen molar-refractivity contribution in [2.75, 3.05) is 39.8 Å². The SMILES string of the molecule is CCOC(=O)C1=C(CN2CCN(C(=O)NC(C)C)C(C)C2)N(C)C(=O)NC1c1ccc(C(F)(F)F)cc1. The van der Waals surface area contributed by atoms with Gasteiger partial charge in [-0.15, -0.1) is 0 Å². The Labute approximate surface area is 214 Å². The fourth-order valence-corrected chi connectivity index (χ4v) is 4.53. The third kappa shape index (κ3) is 6.54. The Bertz CT molecular complexity index is 1040. The molecule has 0 aromatic heterocycles. The number of carbonyl (C=O) groups is 3. The van der Waals surface area contributed by atoms with Crippen LogP contribution in [0.4, 0.5) is 22.8 Å². The summed E-state index contributed by atoms with van der Waals surface area (Å²) in [6, 6.07) is 2.63. The van der Waals surface area contributed by atoms with Crippen molar-refractivity contribution in [1.29, 1.82) is 0 Å². The molecule has 2 aliphatic rings. The molecule has 2 heterocycles. The Kier molecular flexibility index (Phi) is 8.72. The number of amides is 4. The molecule has 0 aliphatic carbocycles. The van der Waals surface area contributed by atoms with Gasteiger partial charge >= 0.3 is 24.2 Å². The number of esters is 1. The average Bonchev–Trinajstić information content (AvgIpc) is 2.81. The Morgan fingerprint density at radius 1 is 1.19 bits per heavy atom. The number of alkyl halides is 3. The highest BCUT2D eigenvalue weighted by atomic mass is 19.4. The van der Waals surface area contributed by atoms with Crippen molar-refractivity contribution >= 4 is 18.0 Å². The number of hydrogen-bond acceptors (Lipinski definition) is 5. The minimum absolute atomic E-state index is 0.00607. The zero-order valence-corrected chi connectivity index (χ0v) is 21.7. The van der Waals surface area contributed by atoms with Crippen LogP contribution in [0.15, 0.2) is 35.5 Å². The first-order chi connectivity index (χ1) is 17.3. The van der Waals surface area contributed by atoms with E-state index < -0.39 is 29.8 Å². The maximum atomic E-state index is 13.1. The van der Waals surface area contributed by atoms with Gasteiger partial charge in [0.05, 0.1) is 23.8 Å². The minimum Gasteiger partial charge on any atom is -0.463 e. The molecule has 3 rings (SSSR count). The first-order valence-electron chi connectivity index (χ1n) is 12.2. The molecule has 4 amide bonds. The number of nitrogens with one attached hydrogen (secondary N) is 2. The van der Waals surface area contributed by atoms with Crippen LogP contribution in [0.2, 0.25) is 0 Å². The van der Waals surface area contributed by atoms with E-state index in [1.165, 1.54) is 24.1 Å². The van der Waals surface area contributed by atoms with E-state index in [9.17, 15) is 27.6 Å². The molecule has 0 radical (unpaired) electrons. The van der Waals surface area contributed by atoms with Crippen LogP contribution in [0.1, 0.15) is 44.9 Å². The lowest BCUT2D eigenvalue weighted by Crippen LogP contribution is -2.58. The van der Waals surface area contributed by atoms with E-state index in [-0.39, 0.29) is 36.8 Å². The van der Waals surface area contributed by atoms with Crippen LogP contribution in [0.25, 0.3) is 0 Å². The van der Waals surface area contributed by atoms with Crippen LogP contribution >= 0.6 is 0 Å². The summed E-state index contributed by atoms with van der Waals surface area (Å²) >= 11 is 0. The molecule has 1 fully saturated rings. The van der Waals surface area contributed by atoms with Crippen molar-refractivity contribution in [2.24, 2.45) is 0 Å². The molecule has 0 saturated carbocycles. The van der Waals surface area contributed by atoms with E-state index in [1.54, 1.807) is 11.8 Å². The number of carbonyl (C=O) groups excluding carboxylic acids is 3. The predicted octanol–water partition coefficient (Wildman–Crippen LogP) is 3.34.